The summed E-state index contributed by atoms with van der Waals surface area (Å²) in [5.74, 6) is -2.30. The van der Waals surface area contributed by atoms with Gasteiger partial charge in [-0.2, -0.15) is 10.2 Å². The summed E-state index contributed by atoms with van der Waals surface area (Å²) in [7, 11) is 0. The van der Waals surface area contributed by atoms with Crippen LogP contribution in [0.5, 0.6) is 5.75 Å². The molecule has 2 unspecified atom stereocenters. The summed E-state index contributed by atoms with van der Waals surface area (Å²) in [6.07, 6.45) is 4.77. The van der Waals surface area contributed by atoms with E-state index in [1.165, 1.54) is 34.2 Å². The maximum absolute atomic E-state index is 14.9. The molecule has 14 heteroatoms. The van der Waals surface area contributed by atoms with Gasteiger partial charge in [-0.05, 0) is 74.0 Å². The number of hydrogen-bond acceptors (Lipinski definition) is 9. The summed E-state index contributed by atoms with van der Waals surface area (Å²) in [5, 5.41) is 8.39. The minimum absolute atomic E-state index is 0.0334. The van der Waals surface area contributed by atoms with E-state index in [1.54, 1.807) is 10.9 Å². The van der Waals surface area contributed by atoms with Gasteiger partial charge < -0.3 is 24.0 Å². The minimum Gasteiger partial charge on any atom is -0.491 e. The number of aromatic nitrogens is 6. The Kier molecular flexibility index (Phi) is 9.15. The van der Waals surface area contributed by atoms with Gasteiger partial charge in [-0.3, -0.25) is 0 Å². The largest absolute Gasteiger partial charge is 0.491 e. The summed E-state index contributed by atoms with van der Waals surface area (Å²) >= 11 is 0. The highest BCUT2D eigenvalue weighted by atomic mass is 19.1. The molecule has 12 nitrogen and oxygen atoms in total. The molecule has 5 aromatic rings. The Balaban J connectivity index is 0.925. The second-order valence-electron chi connectivity index (χ2n) is 12.3. The van der Waals surface area contributed by atoms with Crippen molar-refractivity contribution in [1.29, 1.82) is 0 Å². The Morgan fingerprint density at radius 2 is 1.59 bits per heavy atom. The molecule has 2 aliphatic rings. The molecule has 7 rings (SSSR count). The Hall–Kier alpha value is -5.08. The van der Waals surface area contributed by atoms with E-state index < -0.39 is 23.5 Å². The number of halogens is 2. The Bertz CT molecular complexity index is 1910. The summed E-state index contributed by atoms with van der Waals surface area (Å²) < 4.78 is 51.4. The van der Waals surface area contributed by atoms with Gasteiger partial charge in [-0.1, -0.05) is 6.92 Å². The maximum atomic E-state index is 14.9. The normalized spacial score (nSPS) is 20.1. The van der Waals surface area contributed by atoms with Gasteiger partial charge in [0.05, 0.1) is 18.3 Å². The van der Waals surface area contributed by atoms with Gasteiger partial charge in [-0.15, -0.1) is 0 Å². The zero-order chi connectivity index (χ0) is 34.0. The molecule has 0 amide bonds. The van der Waals surface area contributed by atoms with Crippen molar-refractivity contribution in [1.82, 2.24) is 29.1 Å². The molecule has 2 aromatic heterocycles. The topological polar surface area (TPSA) is 105 Å². The lowest BCUT2D eigenvalue weighted by molar-refractivity contribution is -0.192. The van der Waals surface area contributed by atoms with E-state index in [1.807, 2.05) is 50.2 Å². The predicted molar refractivity (Wildman–Crippen MR) is 178 cm³/mol. The molecule has 256 valence electrons. The van der Waals surface area contributed by atoms with Gasteiger partial charge in [0.1, 0.15) is 55.6 Å². The van der Waals surface area contributed by atoms with Gasteiger partial charge >= 0.3 is 5.69 Å². The zero-order valence-electron chi connectivity index (χ0n) is 27.4. The van der Waals surface area contributed by atoms with Crippen LogP contribution < -0.4 is 20.2 Å². The van der Waals surface area contributed by atoms with Crippen LogP contribution in [0.3, 0.4) is 0 Å². The molecule has 0 bridgehead atoms. The molecular weight excluding hydrogens is 634 g/mol. The van der Waals surface area contributed by atoms with Crippen LogP contribution in [0.25, 0.3) is 5.69 Å². The molecule has 0 N–H and O–H groups in total. The average Bonchev–Trinajstić information content (AvgIpc) is 3.88. The molecule has 0 saturated carbocycles. The molecular formula is C35H38F2N8O4. The molecule has 0 radical (unpaired) electrons. The number of benzene rings is 3. The average molecular weight is 673 g/mol. The first kappa shape index (κ1) is 32.5. The van der Waals surface area contributed by atoms with Crippen LogP contribution in [0.15, 0.2) is 90.5 Å². The first-order valence-electron chi connectivity index (χ1n) is 16.4. The Labute approximate surface area is 282 Å². The van der Waals surface area contributed by atoms with Crippen LogP contribution >= 0.6 is 0 Å². The quantitative estimate of drug-likeness (QED) is 0.200. The van der Waals surface area contributed by atoms with Crippen molar-refractivity contribution in [2.24, 2.45) is 0 Å². The van der Waals surface area contributed by atoms with Crippen LogP contribution in [-0.2, 0) is 21.8 Å². The molecule has 2 fully saturated rings. The number of ether oxygens (including phenoxy) is 3. The van der Waals surface area contributed by atoms with E-state index in [0.29, 0.717) is 5.75 Å². The standard InChI is InChI=1S/C35H38F2N8O4/c1-3-25(2)45-34(46)44(24-40-45)29-7-5-27(6-8-29)41-14-16-42(17-15-41)28-9-11-30(12-10-28)47-19-31-20-48-35(49-31,21-43-23-38-22-39-43)32-13-4-26(36)18-33(32)37/h4-13,18,22-25,31H,3,14-17,19-21H2,1-2H3/t25?,31-,35?/m0/s1. The second kappa shape index (κ2) is 13.8. The highest BCUT2D eigenvalue weighted by molar-refractivity contribution is 5.54. The molecule has 2 saturated heterocycles. The third-order valence-electron chi connectivity index (χ3n) is 9.15. The number of nitrogens with zero attached hydrogens (tertiary/aromatic N) is 8. The van der Waals surface area contributed by atoms with E-state index in [4.69, 9.17) is 14.2 Å². The van der Waals surface area contributed by atoms with E-state index in [-0.39, 0.29) is 37.1 Å². The summed E-state index contributed by atoms with van der Waals surface area (Å²) in [6, 6.07) is 19.3. The minimum atomic E-state index is -1.51. The first-order chi connectivity index (χ1) is 23.8. The van der Waals surface area contributed by atoms with Crippen molar-refractivity contribution in [3.63, 3.8) is 0 Å². The zero-order valence-corrected chi connectivity index (χ0v) is 27.4. The fourth-order valence-corrected chi connectivity index (χ4v) is 6.24. The fourth-order valence-electron chi connectivity index (χ4n) is 6.24. The SMILES string of the molecule is CCC(C)n1ncn(-c2ccc(N3CCN(c4ccc(OC[C@H]5COC(Cn6cncn6)(c6ccc(F)cc6F)O5)cc4)CC3)cc2)c1=O. The van der Waals surface area contributed by atoms with E-state index in [2.05, 4.69) is 37.1 Å². The Morgan fingerprint density at radius 3 is 2.22 bits per heavy atom. The predicted octanol–water partition coefficient (Wildman–Crippen LogP) is 4.55. The second-order valence-corrected chi connectivity index (χ2v) is 12.3. The molecule has 4 heterocycles. The molecule has 0 spiro atoms. The van der Waals surface area contributed by atoms with Crippen molar-refractivity contribution in [2.75, 3.05) is 49.2 Å². The van der Waals surface area contributed by atoms with Crippen molar-refractivity contribution < 1.29 is 23.0 Å². The van der Waals surface area contributed by atoms with Crippen molar-refractivity contribution in [2.45, 2.75) is 44.7 Å². The summed E-state index contributed by atoms with van der Waals surface area (Å²) in [5.41, 5.74) is 2.95. The monoisotopic (exact) mass is 672 g/mol. The van der Waals surface area contributed by atoms with Crippen LogP contribution in [0.2, 0.25) is 0 Å². The maximum Gasteiger partial charge on any atom is 0.350 e. The van der Waals surface area contributed by atoms with Gasteiger partial charge in [-0.25, -0.2) is 32.5 Å². The van der Waals surface area contributed by atoms with Crippen LogP contribution in [0.4, 0.5) is 20.2 Å². The number of hydrogen-bond donors (Lipinski definition) is 0. The van der Waals surface area contributed by atoms with Gasteiger partial charge in [0, 0.05) is 49.2 Å². The molecule has 3 atom stereocenters. The highest BCUT2D eigenvalue weighted by Gasteiger charge is 2.46. The van der Waals surface area contributed by atoms with Gasteiger partial charge in [0.15, 0.2) is 0 Å². The molecule has 49 heavy (non-hydrogen) atoms. The van der Waals surface area contributed by atoms with E-state index in [9.17, 15) is 13.6 Å². The van der Waals surface area contributed by atoms with Gasteiger partial charge in [0.25, 0.3) is 0 Å². The lowest BCUT2D eigenvalue weighted by Gasteiger charge is -2.37. The Morgan fingerprint density at radius 1 is 0.918 bits per heavy atom. The van der Waals surface area contributed by atoms with Crippen LogP contribution in [0, 0.1) is 11.6 Å². The van der Waals surface area contributed by atoms with Crippen LogP contribution in [0.1, 0.15) is 31.9 Å². The van der Waals surface area contributed by atoms with E-state index in [0.717, 1.165) is 55.7 Å². The fraction of sp³-hybridized carbons (Fsp3) is 0.371. The van der Waals surface area contributed by atoms with Crippen molar-refractivity contribution in [3.05, 3.63) is 113 Å². The smallest absolute Gasteiger partial charge is 0.350 e. The number of anilines is 2. The molecule has 3 aromatic carbocycles. The third-order valence-corrected chi connectivity index (χ3v) is 9.15. The third kappa shape index (κ3) is 6.78. The first-order valence-corrected chi connectivity index (χ1v) is 16.4. The lowest BCUT2D eigenvalue weighted by atomic mass is 10.0. The lowest BCUT2D eigenvalue weighted by Crippen LogP contribution is -2.46. The van der Waals surface area contributed by atoms with E-state index >= 15 is 0 Å². The summed E-state index contributed by atoms with van der Waals surface area (Å²) in [4.78, 5) is 21.4. The van der Waals surface area contributed by atoms with Crippen molar-refractivity contribution in [3.8, 4) is 11.4 Å². The van der Waals surface area contributed by atoms with Gasteiger partial charge in [0.2, 0.25) is 5.79 Å². The molecule has 2 aliphatic heterocycles. The number of piperazine rings is 1. The highest BCUT2D eigenvalue weighted by Crippen LogP contribution is 2.38. The summed E-state index contributed by atoms with van der Waals surface area (Å²) in [6.45, 7) is 7.80. The van der Waals surface area contributed by atoms with Crippen molar-refractivity contribution >= 4 is 11.4 Å². The number of rotatable bonds is 11. The van der Waals surface area contributed by atoms with Crippen LogP contribution in [-0.4, -0.2) is 74.6 Å². The molecule has 0 aliphatic carbocycles.